The summed E-state index contributed by atoms with van der Waals surface area (Å²) in [6, 6.07) is 0. The lowest BCUT2D eigenvalue weighted by Crippen LogP contribution is -2.50. The average molecular weight is 290 g/mol. The molecule has 0 aromatic heterocycles. The predicted octanol–water partition coefficient (Wildman–Crippen LogP) is -0.168. The molecular weight excluding hydrogens is 268 g/mol. The van der Waals surface area contributed by atoms with Crippen molar-refractivity contribution in [3.05, 3.63) is 0 Å². The van der Waals surface area contributed by atoms with E-state index < -0.39 is 20.9 Å². The number of sulfonamides is 1. The van der Waals surface area contributed by atoms with Crippen molar-refractivity contribution in [2.24, 2.45) is 0 Å². The molecule has 1 aliphatic heterocycles. The van der Waals surface area contributed by atoms with Crippen molar-refractivity contribution in [2.45, 2.75) is 49.4 Å². The molecule has 0 spiro atoms. The Balaban J connectivity index is 2.02. The summed E-state index contributed by atoms with van der Waals surface area (Å²) >= 11 is 0. The Morgan fingerprint density at radius 1 is 1.32 bits per heavy atom. The third kappa shape index (κ3) is 2.93. The molecule has 2 aliphatic rings. The van der Waals surface area contributed by atoms with Gasteiger partial charge in [0, 0.05) is 13.1 Å². The maximum Gasteiger partial charge on any atom is 0.254 e. The molecule has 7 heteroatoms. The van der Waals surface area contributed by atoms with Crippen molar-refractivity contribution in [2.75, 3.05) is 20.1 Å². The molecule has 110 valence electrons. The Labute approximate surface area is 114 Å². The van der Waals surface area contributed by atoms with Crippen molar-refractivity contribution in [1.29, 1.82) is 0 Å². The Morgan fingerprint density at radius 3 is 2.53 bits per heavy atom. The molecule has 0 radical (unpaired) electrons. The smallest absolute Gasteiger partial charge is 0.254 e. The lowest BCUT2D eigenvalue weighted by atomic mass is 9.84. The fourth-order valence-electron chi connectivity index (χ4n) is 2.98. The predicted molar refractivity (Wildman–Crippen MR) is 71.0 cm³/mol. The highest BCUT2D eigenvalue weighted by molar-refractivity contribution is 7.90. The van der Waals surface area contributed by atoms with Gasteiger partial charge in [-0.15, -0.1) is 0 Å². The average Bonchev–Trinajstić information content (AvgIpc) is 2.89. The van der Waals surface area contributed by atoms with Gasteiger partial charge in [0.1, 0.15) is 5.60 Å². The van der Waals surface area contributed by atoms with E-state index in [-0.39, 0.29) is 12.5 Å². The molecule has 1 saturated heterocycles. The van der Waals surface area contributed by atoms with Crippen molar-refractivity contribution in [3.8, 4) is 0 Å². The number of hydrogen-bond acceptors (Lipinski definition) is 4. The largest absolute Gasteiger partial charge is 0.380 e. The molecule has 0 aromatic rings. The highest BCUT2D eigenvalue weighted by Gasteiger charge is 2.43. The molecule has 0 aromatic carbocycles. The van der Waals surface area contributed by atoms with E-state index in [4.69, 9.17) is 0 Å². The van der Waals surface area contributed by atoms with E-state index in [0.717, 1.165) is 19.3 Å². The summed E-state index contributed by atoms with van der Waals surface area (Å²) in [5.74, 6) is -0.291. The SMILES string of the molecule is CNS(=O)(=O)C1CCN(C(=O)C2(O)CCCCC2)C1. The normalized spacial score (nSPS) is 27.5. The second-order valence-electron chi connectivity index (χ2n) is 5.50. The Hall–Kier alpha value is -0.660. The molecule has 6 nitrogen and oxygen atoms in total. The van der Waals surface area contributed by atoms with E-state index in [1.165, 1.54) is 11.9 Å². The first kappa shape index (κ1) is 14.7. The van der Waals surface area contributed by atoms with E-state index in [1.807, 2.05) is 0 Å². The minimum atomic E-state index is -3.34. The number of aliphatic hydroxyl groups is 1. The monoisotopic (exact) mass is 290 g/mol. The summed E-state index contributed by atoms with van der Waals surface area (Å²) in [5.41, 5.74) is -1.27. The van der Waals surface area contributed by atoms with E-state index in [9.17, 15) is 18.3 Å². The molecule has 2 rings (SSSR count). The Bertz CT molecular complexity index is 443. The molecule has 1 unspecified atom stereocenters. The Morgan fingerprint density at radius 2 is 1.95 bits per heavy atom. The van der Waals surface area contributed by atoms with Gasteiger partial charge in [-0.25, -0.2) is 13.1 Å². The molecule has 2 N–H and O–H groups in total. The highest BCUT2D eigenvalue weighted by atomic mass is 32.2. The van der Waals surface area contributed by atoms with Gasteiger partial charge >= 0.3 is 0 Å². The van der Waals surface area contributed by atoms with Crippen molar-refractivity contribution >= 4 is 15.9 Å². The van der Waals surface area contributed by atoms with E-state index in [1.54, 1.807) is 0 Å². The van der Waals surface area contributed by atoms with Gasteiger partial charge in [0.2, 0.25) is 10.0 Å². The van der Waals surface area contributed by atoms with Crippen LogP contribution in [0.5, 0.6) is 0 Å². The van der Waals surface area contributed by atoms with Gasteiger partial charge in [-0.05, 0) is 26.3 Å². The first-order valence-corrected chi connectivity index (χ1v) is 8.38. The summed E-state index contributed by atoms with van der Waals surface area (Å²) in [6.07, 6.45) is 4.18. The van der Waals surface area contributed by atoms with Crippen LogP contribution in [0.1, 0.15) is 38.5 Å². The number of amides is 1. The summed E-state index contributed by atoms with van der Waals surface area (Å²) in [5, 5.41) is 9.83. The summed E-state index contributed by atoms with van der Waals surface area (Å²) in [6.45, 7) is 0.594. The van der Waals surface area contributed by atoms with Crippen molar-refractivity contribution in [3.63, 3.8) is 0 Å². The zero-order valence-corrected chi connectivity index (χ0v) is 12.1. The Kier molecular flexibility index (Phi) is 4.17. The molecule has 0 bridgehead atoms. The summed E-state index contributed by atoms with van der Waals surface area (Å²) < 4.78 is 25.7. The number of carbonyl (C=O) groups is 1. The number of hydrogen-bond donors (Lipinski definition) is 2. The number of rotatable bonds is 3. The highest BCUT2D eigenvalue weighted by Crippen LogP contribution is 2.31. The second-order valence-corrected chi connectivity index (χ2v) is 7.67. The standard InChI is InChI=1S/C12H22N2O4S/c1-13-19(17,18)10-5-8-14(9-10)11(15)12(16)6-3-2-4-7-12/h10,13,16H,2-9H2,1H3. The molecule has 1 atom stereocenters. The molecule has 2 fully saturated rings. The number of carbonyl (C=O) groups excluding carboxylic acids is 1. The summed E-state index contributed by atoms with van der Waals surface area (Å²) in [7, 11) is -1.96. The van der Waals surface area contributed by atoms with E-state index in [0.29, 0.717) is 25.8 Å². The van der Waals surface area contributed by atoms with Crippen molar-refractivity contribution in [1.82, 2.24) is 9.62 Å². The fraction of sp³-hybridized carbons (Fsp3) is 0.917. The third-order valence-electron chi connectivity index (χ3n) is 4.23. The zero-order valence-electron chi connectivity index (χ0n) is 11.3. The van der Waals surface area contributed by atoms with Gasteiger partial charge in [-0.2, -0.15) is 0 Å². The van der Waals surface area contributed by atoms with Crippen LogP contribution in [0.2, 0.25) is 0 Å². The van der Waals surface area contributed by atoms with Crippen molar-refractivity contribution < 1.29 is 18.3 Å². The fourth-order valence-corrected chi connectivity index (χ4v) is 4.10. The summed E-state index contributed by atoms with van der Waals surface area (Å²) in [4.78, 5) is 13.8. The molecule has 1 heterocycles. The van der Waals surface area contributed by atoms with Crippen LogP contribution in [-0.2, 0) is 14.8 Å². The number of likely N-dealkylation sites (tertiary alicyclic amines) is 1. The van der Waals surface area contributed by atoms with Crippen LogP contribution in [-0.4, -0.2) is 55.3 Å². The molecule has 1 amide bonds. The maximum atomic E-state index is 12.3. The van der Waals surface area contributed by atoms with Gasteiger partial charge in [0.25, 0.3) is 5.91 Å². The first-order chi connectivity index (χ1) is 8.89. The van der Waals surface area contributed by atoms with Crippen LogP contribution in [0.4, 0.5) is 0 Å². The van der Waals surface area contributed by atoms with E-state index in [2.05, 4.69) is 4.72 Å². The van der Waals surface area contributed by atoms with Crippen LogP contribution < -0.4 is 4.72 Å². The zero-order chi connectivity index (χ0) is 14.1. The third-order valence-corrected chi connectivity index (χ3v) is 6.07. The van der Waals surface area contributed by atoms with Crippen LogP contribution >= 0.6 is 0 Å². The van der Waals surface area contributed by atoms with Gasteiger partial charge in [0.15, 0.2) is 0 Å². The number of nitrogens with one attached hydrogen (secondary N) is 1. The van der Waals surface area contributed by atoms with Crippen LogP contribution in [0.15, 0.2) is 0 Å². The minimum absolute atomic E-state index is 0.185. The van der Waals surface area contributed by atoms with Gasteiger partial charge < -0.3 is 10.0 Å². The van der Waals surface area contributed by atoms with Gasteiger partial charge in [-0.1, -0.05) is 19.3 Å². The second kappa shape index (κ2) is 5.38. The van der Waals surface area contributed by atoms with Gasteiger partial charge in [-0.3, -0.25) is 4.79 Å². The topological polar surface area (TPSA) is 86.7 Å². The van der Waals surface area contributed by atoms with Crippen LogP contribution in [0, 0.1) is 0 Å². The number of nitrogens with zero attached hydrogens (tertiary/aromatic N) is 1. The van der Waals surface area contributed by atoms with Crippen LogP contribution in [0.25, 0.3) is 0 Å². The lowest BCUT2D eigenvalue weighted by molar-refractivity contribution is -0.153. The molecule has 19 heavy (non-hydrogen) atoms. The molecule has 1 saturated carbocycles. The maximum absolute atomic E-state index is 12.3. The minimum Gasteiger partial charge on any atom is -0.380 e. The molecular formula is C12H22N2O4S. The lowest BCUT2D eigenvalue weighted by Gasteiger charge is -2.34. The van der Waals surface area contributed by atoms with E-state index >= 15 is 0 Å². The quantitative estimate of drug-likeness (QED) is 0.755. The van der Waals surface area contributed by atoms with Gasteiger partial charge in [0.05, 0.1) is 5.25 Å². The van der Waals surface area contributed by atoms with Crippen LogP contribution in [0.3, 0.4) is 0 Å². The first-order valence-electron chi connectivity index (χ1n) is 6.83. The molecule has 1 aliphatic carbocycles.